The average Bonchev–Trinajstić information content (AvgIpc) is 3.56. The number of carbonyl (C=O) groups excluding carboxylic acids is 1. The smallest absolute Gasteiger partial charge is 0.164 e. The van der Waals surface area contributed by atoms with Crippen molar-refractivity contribution >= 4 is 38.1 Å². The number of hydrogen-bond donors (Lipinski definition) is 1. The standard InChI is InChI=1S/C30H26NS.C15H28O2.Ir/c1-16-10-11-25-22(13-16)28-29(32-25)21-9-7-8-20(27(21)30(28,5)6)23-15-19(4)26-18(3)12-17(2)14-24(26)31-23;1-7-14(5,8-2)12(16)11-13(17)15(6,9-3)10-4;/h7,9-15H,1-6H3;11,16H,7-10H2,1-6H3;/q-1;;/b;12-11-;. The molecule has 0 bridgehead atoms. The first-order chi connectivity index (χ1) is 23.0. The van der Waals surface area contributed by atoms with Crippen LogP contribution in [0.1, 0.15) is 114 Å². The van der Waals surface area contributed by atoms with E-state index in [0.29, 0.717) is 0 Å². The summed E-state index contributed by atoms with van der Waals surface area (Å²) in [5.41, 5.74) is 11.9. The van der Waals surface area contributed by atoms with Gasteiger partial charge in [0.2, 0.25) is 0 Å². The predicted molar refractivity (Wildman–Crippen MR) is 211 cm³/mol. The maximum Gasteiger partial charge on any atom is 0.164 e. The molecule has 3 nitrogen and oxygen atoms in total. The summed E-state index contributed by atoms with van der Waals surface area (Å²) < 4.78 is 1.37. The van der Waals surface area contributed by atoms with E-state index in [2.05, 4.69) is 96.1 Å². The first kappa shape index (κ1) is 39.7. The summed E-state index contributed by atoms with van der Waals surface area (Å²) in [6, 6.07) is 21.5. The molecule has 1 radical (unpaired) electrons. The Bertz CT molecular complexity index is 2090. The Balaban J connectivity index is 0.000000269. The van der Waals surface area contributed by atoms with Crippen molar-refractivity contribution in [3.8, 4) is 21.7 Å². The van der Waals surface area contributed by atoms with Crippen LogP contribution >= 0.6 is 11.3 Å². The van der Waals surface area contributed by atoms with Gasteiger partial charge in [0, 0.05) is 52.0 Å². The quantitative estimate of drug-likeness (QED) is 0.0960. The van der Waals surface area contributed by atoms with Gasteiger partial charge in [0.1, 0.15) is 5.76 Å². The molecule has 0 saturated carbocycles. The molecular formula is C45H54IrNO2S-. The summed E-state index contributed by atoms with van der Waals surface area (Å²) in [6.45, 7) is 25.5. The number of nitrogens with zero attached hydrogens (tertiary/aromatic N) is 1. The SMILES string of the molecule is CCC(C)(CC)C(=O)/C=C(\O)C(C)(CC)CC.Cc1cc(C)c2c(C)cc(-c3[c-]ccc4c3C(C)(C)c3c-4sc4ccc(C)cc34)nc2c1.[Ir]. The molecule has 1 N–H and O–H groups in total. The molecule has 50 heavy (non-hydrogen) atoms. The Morgan fingerprint density at radius 2 is 1.48 bits per heavy atom. The van der Waals surface area contributed by atoms with Gasteiger partial charge >= 0.3 is 0 Å². The van der Waals surface area contributed by atoms with E-state index in [4.69, 9.17) is 4.98 Å². The molecule has 0 unspecified atom stereocenters. The second-order valence-electron chi connectivity index (χ2n) is 15.3. The molecule has 0 atom stereocenters. The van der Waals surface area contributed by atoms with E-state index >= 15 is 0 Å². The first-order valence-electron chi connectivity index (χ1n) is 18.0. The number of aryl methyl sites for hydroxylation is 4. The summed E-state index contributed by atoms with van der Waals surface area (Å²) in [5, 5.41) is 12.8. The number of pyridine rings is 1. The minimum atomic E-state index is -0.337. The second-order valence-corrected chi connectivity index (χ2v) is 16.4. The number of aliphatic hydroxyl groups excluding tert-OH is 1. The van der Waals surface area contributed by atoms with Gasteiger partial charge in [-0.25, -0.2) is 0 Å². The molecule has 0 saturated heterocycles. The number of thiophene rings is 1. The normalized spacial score (nSPS) is 13.8. The fourth-order valence-corrected chi connectivity index (χ4v) is 8.86. The van der Waals surface area contributed by atoms with Crippen LogP contribution in [0.3, 0.4) is 0 Å². The van der Waals surface area contributed by atoms with Gasteiger partial charge in [0.05, 0.1) is 5.52 Å². The topological polar surface area (TPSA) is 50.2 Å². The van der Waals surface area contributed by atoms with Crippen LogP contribution in [-0.4, -0.2) is 15.9 Å². The number of aromatic nitrogens is 1. The maximum atomic E-state index is 12.2. The Labute approximate surface area is 318 Å². The number of ketones is 1. The summed E-state index contributed by atoms with van der Waals surface area (Å²) >= 11 is 1.92. The van der Waals surface area contributed by atoms with Crippen LogP contribution in [0.4, 0.5) is 0 Å². The fraction of sp³-hybridized carbons (Fsp3) is 0.422. The number of aliphatic hydroxyl groups is 1. The molecule has 0 fully saturated rings. The molecule has 267 valence electrons. The van der Waals surface area contributed by atoms with E-state index in [9.17, 15) is 9.90 Å². The maximum absolute atomic E-state index is 12.2. The van der Waals surface area contributed by atoms with Gasteiger partial charge < -0.3 is 5.11 Å². The van der Waals surface area contributed by atoms with Gasteiger partial charge in [0.15, 0.2) is 5.78 Å². The van der Waals surface area contributed by atoms with Crippen molar-refractivity contribution in [2.75, 3.05) is 0 Å². The van der Waals surface area contributed by atoms with Gasteiger partial charge in [-0.2, -0.15) is 0 Å². The van der Waals surface area contributed by atoms with Crippen molar-refractivity contribution in [3.05, 3.63) is 99.8 Å². The molecule has 0 aliphatic heterocycles. The van der Waals surface area contributed by atoms with Gasteiger partial charge in [-0.3, -0.25) is 9.78 Å². The first-order valence-corrected chi connectivity index (χ1v) is 18.8. The number of hydrogen-bond acceptors (Lipinski definition) is 4. The van der Waals surface area contributed by atoms with Crippen molar-refractivity contribution in [3.63, 3.8) is 0 Å². The Hall–Kier alpha value is -3.11. The zero-order chi connectivity index (χ0) is 36.1. The predicted octanol–water partition coefficient (Wildman–Crippen LogP) is 13.1. The van der Waals surface area contributed by atoms with Gasteiger partial charge in [0.25, 0.3) is 0 Å². The van der Waals surface area contributed by atoms with Crippen molar-refractivity contribution in [1.29, 1.82) is 0 Å². The van der Waals surface area contributed by atoms with E-state index in [1.54, 1.807) is 0 Å². The number of fused-ring (bicyclic) bond motifs is 6. The van der Waals surface area contributed by atoms with Crippen LogP contribution in [0.5, 0.6) is 0 Å². The molecule has 3 aromatic carbocycles. The Morgan fingerprint density at radius 3 is 2.10 bits per heavy atom. The third-order valence-electron chi connectivity index (χ3n) is 11.6. The van der Waals surface area contributed by atoms with E-state index in [1.165, 1.54) is 65.4 Å². The monoisotopic (exact) mass is 865 g/mol. The third kappa shape index (κ3) is 6.91. The average molecular weight is 865 g/mol. The van der Waals surface area contributed by atoms with E-state index in [0.717, 1.165) is 42.5 Å². The van der Waals surface area contributed by atoms with Crippen LogP contribution in [0.2, 0.25) is 0 Å². The van der Waals surface area contributed by atoms with Crippen molar-refractivity contribution in [1.82, 2.24) is 4.98 Å². The van der Waals surface area contributed by atoms with Gasteiger partial charge in [-0.1, -0.05) is 90.8 Å². The molecule has 1 aliphatic carbocycles. The Morgan fingerprint density at radius 1 is 0.860 bits per heavy atom. The van der Waals surface area contributed by atoms with E-state index < -0.39 is 0 Å². The zero-order valence-electron chi connectivity index (χ0n) is 32.1. The molecule has 0 spiro atoms. The molecule has 5 aromatic rings. The van der Waals surface area contributed by atoms with Crippen molar-refractivity contribution in [2.24, 2.45) is 10.8 Å². The van der Waals surface area contributed by atoms with Crippen LogP contribution in [0, 0.1) is 44.6 Å². The molecule has 0 amide bonds. The number of carbonyl (C=O) groups is 1. The molecule has 2 aromatic heterocycles. The molecule has 1 aliphatic rings. The van der Waals surface area contributed by atoms with Crippen molar-refractivity contribution < 1.29 is 30.0 Å². The summed E-state index contributed by atoms with van der Waals surface area (Å²) in [4.78, 5) is 18.8. The van der Waals surface area contributed by atoms with E-state index in [1.807, 2.05) is 52.9 Å². The number of allylic oxidation sites excluding steroid dienone is 2. The number of benzene rings is 3. The van der Waals surface area contributed by atoms with Crippen molar-refractivity contribution in [2.45, 2.75) is 114 Å². The minimum Gasteiger partial charge on any atom is -0.512 e. The van der Waals surface area contributed by atoms with Crippen LogP contribution in [-0.2, 0) is 30.3 Å². The van der Waals surface area contributed by atoms with E-state index in [-0.39, 0.29) is 47.9 Å². The van der Waals surface area contributed by atoms with Gasteiger partial charge in [-0.15, -0.1) is 40.7 Å². The molecule has 2 heterocycles. The minimum absolute atomic E-state index is 0. The largest absolute Gasteiger partial charge is 0.512 e. The summed E-state index contributed by atoms with van der Waals surface area (Å²) in [6.07, 6.45) is 4.75. The second kappa shape index (κ2) is 14.9. The number of rotatable bonds is 8. The van der Waals surface area contributed by atoms with Crippen LogP contribution in [0.25, 0.3) is 42.7 Å². The van der Waals surface area contributed by atoms with Crippen LogP contribution in [0.15, 0.2) is 60.4 Å². The Kier molecular flexibility index (Phi) is 11.8. The summed E-state index contributed by atoms with van der Waals surface area (Å²) in [7, 11) is 0. The third-order valence-corrected chi connectivity index (χ3v) is 12.8. The zero-order valence-corrected chi connectivity index (χ0v) is 35.3. The van der Waals surface area contributed by atoms with Crippen LogP contribution < -0.4 is 0 Å². The summed E-state index contributed by atoms with van der Waals surface area (Å²) in [5.74, 6) is 0.286. The molecular weight excluding hydrogens is 811 g/mol. The molecule has 6 rings (SSSR count). The van der Waals surface area contributed by atoms with Gasteiger partial charge in [-0.05, 0) is 104 Å². The fourth-order valence-electron chi connectivity index (χ4n) is 7.48. The molecule has 5 heteroatoms.